The van der Waals surface area contributed by atoms with Gasteiger partial charge in [0.05, 0.1) is 30.4 Å². The Morgan fingerprint density at radius 1 is 1.19 bits per heavy atom. The lowest BCUT2D eigenvalue weighted by atomic mass is 10.1. The molecule has 0 saturated carbocycles. The number of nitrogens with one attached hydrogen (secondary N) is 1. The van der Waals surface area contributed by atoms with Gasteiger partial charge in [-0.05, 0) is 25.1 Å². The topological polar surface area (TPSA) is 85.7 Å². The zero-order chi connectivity index (χ0) is 21.8. The van der Waals surface area contributed by atoms with E-state index in [9.17, 15) is 9.59 Å². The van der Waals surface area contributed by atoms with Gasteiger partial charge in [-0.25, -0.2) is 9.78 Å². The molecule has 162 valence electrons. The molecule has 0 unspecified atom stereocenters. The van der Waals surface area contributed by atoms with Gasteiger partial charge in [-0.2, -0.15) is 0 Å². The number of methoxy groups -OCH3 is 1. The third-order valence-corrected chi connectivity index (χ3v) is 5.37. The predicted octanol–water partition coefficient (Wildman–Crippen LogP) is 2.48. The van der Waals surface area contributed by atoms with Crippen molar-refractivity contribution < 1.29 is 19.1 Å². The third-order valence-electron chi connectivity index (χ3n) is 5.37. The van der Waals surface area contributed by atoms with Crippen LogP contribution in [0.3, 0.4) is 0 Å². The molecule has 8 heteroatoms. The molecule has 0 aliphatic carbocycles. The first-order chi connectivity index (χ1) is 15.1. The Kier molecular flexibility index (Phi) is 6.18. The second-order valence-electron chi connectivity index (χ2n) is 7.45. The average Bonchev–Trinajstić information content (AvgIpc) is 3.13. The van der Waals surface area contributed by atoms with E-state index in [1.807, 2.05) is 30.5 Å². The Morgan fingerprint density at radius 3 is 2.71 bits per heavy atom. The number of pyridine rings is 1. The van der Waals surface area contributed by atoms with Crippen LogP contribution in [0.25, 0.3) is 10.9 Å². The molecule has 1 saturated heterocycles. The van der Waals surface area contributed by atoms with Crippen LogP contribution >= 0.6 is 0 Å². The predicted molar refractivity (Wildman–Crippen MR) is 117 cm³/mol. The Labute approximate surface area is 180 Å². The van der Waals surface area contributed by atoms with Crippen LogP contribution < -0.4 is 10.2 Å². The lowest BCUT2D eigenvalue weighted by Gasteiger charge is -2.40. The molecule has 1 fully saturated rings. The summed E-state index contributed by atoms with van der Waals surface area (Å²) in [4.78, 5) is 31.1. The number of fused-ring (bicyclic) bond motifs is 1. The van der Waals surface area contributed by atoms with Crippen molar-refractivity contribution in [3.05, 3.63) is 59.9 Å². The molecule has 1 aromatic carbocycles. The Morgan fingerprint density at radius 2 is 2.00 bits per heavy atom. The Bertz CT molecular complexity index is 1070. The van der Waals surface area contributed by atoms with Crippen molar-refractivity contribution in [1.82, 2.24) is 14.9 Å². The molecule has 1 aliphatic heterocycles. The highest BCUT2D eigenvalue weighted by molar-refractivity contribution is 6.07. The number of nitrogens with zero attached hydrogens (tertiary/aromatic N) is 3. The second kappa shape index (κ2) is 9.18. The number of benzene rings is 1. The summed E-state index contributed by atoms with van der Waals surface area (Å²) in [7, 11) is 1.67. The lowest BCUT2D eigenvalue weighted by molar-refractivity contribution is 0.0525. The molecule has 1 aliphatic rings. The van der Waals surface area contributed by atoms with Gasteiger partial charge >= 0.3 is 5.97 Å². The van der Waals surface area contributed by atoms with Crippen LogP contribution in [0.5, 0.6) is 0 Å². The van der Waals surface area contributed by atoms with Crippen LogP contribution in [0.4, 0.5) is 5.82 Å². The van der Waals surface area contributed by atoms with E-state index < -0.39 is 0 Å². The first-order valence-electron chi connectivity index (χ1n) is 10.4. The molecule has 8 nitrogen and oxygen atoms in total. The molecule has 0 radical (unpaired) electrons. The van der Waals surface area contributed by atoms with Crippen LogP contribution in [-0.4, -0.2) is 60.9 Å². The van der Waals surface area contributed by atoms with E-state index in [4.69, 9.17) is 9.47 Å². The van der Waals surface area contributed by atoms with E-state index in [2.05, 4.69) is 19.8 Å². The van der Waals surface area contributed by atoms with Crippen molar-refractivity contribution in [3.8, 4) is 0 Å². The summed E-state index contributed by atoms with van der Waals surface area (Å²) in [6, 6.07) is 11.4. The van der Waals surface area contributed by atoms with Gasteiger partial charge in [0.2, 0.25) is 0 Å². The van der Waals surface area contributed by atoms with Crippen molar-refractivity contribution in [2.24, 2.45) is 0 Å². The summed E-state index contributed by atoms with van der Waals surface area (Å²) in [6.07, 6.45) is 3.42. The molecule has 0 atom stereocenters. The van der Waals surface area contributed by atoms with Gasteiger partial charge in [0.25, 0.3) is 5.91 Å². The highest BCUT2D eigenvalue weighted by Gasteiger charge is 2.30. The maximum absolute atomic E-state index is 12.9. The molecule has 0 spiro atoms. The van der Waals surface area contributed by atoms with Crippen LogP contribution in [0, 0.1) is 0 Å². The number of rotatable bonds is 8. The van der Waals surface area contributed by atoms with E-state index in [-0.39, 0.29) is 17.9 Å². The number of esters is 1. The quantitative estimate of drug-likeness (QED) is 0.562. The van der Waals surface area contributed by atoms with Gasteiger partial charge in [-0.1, -0.05) is 18.2 Å². The molecule has 1 N–H and O–H groups in total. The van der Waals surface area contributed by atoms with Gasteiger partial charge in [0.15, 0.2) is 0 Å². The maximum atomic E-state index is 12.9. The lowest BCUT2D eigenvalue weighted by Crippen LogP contribution is -2.59. The number of carbonyl (C=O) groups is 2. The smallest absolute Gasteiger partial charge is 0.339 e. The highest BCUT2D eigenvalue weighted by Crippen LogP contribution is 2.23. The largest absolute Gasteiger partial charge is 0.462 e. The fourth-order valence-corrected chi connectivity index (χ4v) is 3.73. The fraction of sp³-hybridized carbons (Fsp3) is 0.348. The molecule has 3 heterocycles. The van der Waals surface area contributed by atoms with Crippen molar-refractivity contribution in [1.29, 1.82) is 0 Å². The minimum atomic E-state index is -0.375. The minimum Gasteiger partial charge on any atom is -0.462 e. The second-order valence-corrected chi connectivity index (χ2v) is 7.45. The zero-order valence-corrected chi connectivity index (χ0v) is 17.7. The Balaban J connectivity index is 1.38. The van der Waals surface area contributed by atoms with Crippen LogP contribution in [0.15, 0.2) is 48.8 Å². The van der Waals surface area contributed by atoms with E-state index >= 15 is 0 Å². The number of carbonyl (C=O) groups excluding carboxylic acids is 2. The summed E-state index contributed by atoms with van der Waals surface area (Å²) >= 11 is 0. The van der Waals surface area contributed by atoms with Gasteiger partial charge in [0, 0.05) is 50.0 Å². The fourth-order valence-electron chi connectivity index (χ4n) is 3.73. The van der Waals surface area contributed by atoms with Crippen LogP contribution in [0.1, 0.15) is 27.6 Å². The van der Waals surface area contributed by atoms with E-state index in [0.29, 0.717) is 44.0 Å². The Hall–Kier alpha value is -3.39. The number of amides is 1. The van der Waals surface area contributed by atoms with Gasteiger partial charge in [0.1, 0.15) is 5.82 Å². The summed E-state index contributed by atoms with van der Waals surface area (Å²) in [5.41, 5.74) is 2.12. The minimum absolute atomic E-state index is 0.0418. The van der Waals surface area contributed by atoms with Crippen molar-refractivity contribution >= 4 is 28.6 Å². The monoisotopic (exact) mass is 422 g/mol. The summed E-state index contributed by atoms with van der Waals surface area (Å²) in [5.74, 6) is 0.317. The van der Waals surface area contributed by atoms with Crippen molar-refractivity contribution in [2.75, 3.05) is 38.3 Å². The van der Waals surface area contributed by atoms with Gasteiger partial charge in [-0.15, -0.1) is 0 Å². The van der Waals surface area contributed by atoms with Crippen LogP contribution in [0.2, 0.25) is 0 Å². The maximum Gasteiger partial charge on any atom is 0.339 e. The molecular weight excluding hydrogens is 396 g/mol. The first kappa shape index (κ1) is 20.9. The van der Waals surface area contributed by atoms with E-state index in [1.54, 1.807) is 26.2 Å². The average molecular weight is 422 g/mol. The molecule has 4 rings (SSSR count). The molecule has 3 aromatic rings. The normalized spacial score (nSPS) is 13.8. The number of anilines is 1. The number of hydrogen-bond donors (Lipinski definition) is 1. The summed E-state index contributed by atoms with van der Waals surface area (Å²) < 4.78 is 12.2. The van der Waals surface area contributed by atoms with E-state index in [0.717, 1.165) is 16.7 Å². The summed E-state index contributed by atoms with van der Waals surface area (Å²) in [5, 5.41) is 4.05. The number of ether oxygens (including phenoxy) is 2. The van der Waals surface area contributed by atoms with Gasteiger partial charge in [-0.3, -0.25) is 4.79 Å². The van der Waals surface area contributed by atoms with Crippen molar-refractivity contribution in [3.63, 3.8) is 0 Å². The first-order valence-corrected chi connectivity index (χ1v) is 10.4. The molecule has 1 amide bonds. The number of aromatic nitrogens is 2. The summed E-state index contributed by atoms with van der Waals surface area (Å²) in [6.45, 7) is 4.71. The third kappa shape index (κ3) is 4.39. The SMILES string of the molecule is CCOC(=O)c1ccc(N2CC(NC(=O)c3cn(CCOC)c4ccccc34)C2)nc1. The standard InChI is InChI=1S/C23H26N4O4/c1-3-31-23(29)16-8-9-21(24-12-16)27-13-17(14-27)25-22(28)19-15-26(10-11-30-2)20-7-5-4-6-18(19)20/h4-9,12,15,17H,3,10-11,13-14H2,1-2H3,(H,25,28). The molecule has 2 aromatic heterocycles. The van der Waals surface area contributed by atoms with Crippen molar-refractivity contribution in [2.45, 2.75) is 19.5 Å². The van der Waals surface area contributed by atoms with E-state index in [1.165, 1.54) is 6.20 Å². The highest BCUT2D eigenvalue weighted by atomic mass is 16.5. The number of para-hydroxylation sites is 1. The number of hydrogen-bond acceptors (Lipinski definition) is 6. The zero-order valence-electron chi connectivity index (χ0n) is 17.7. The van der Waals surface area contributed by atoms with Crippen LogP contribution in [-0.2, 0) is 16.0 Å². The van der Waals surface area contributed by atoms with Gasteiger partial charge < -0.3 is 24.3 Å². The molecule has 0 bridgehead atoms. The molecule has 31 heavy (non-hydrogen) atoms. The molecular formula is C23H26N4O4.